The van der Waals surface area contributed by atoms with Crippen LogP contribution in [0.25, 0.3) is 10.8 Å². The minimum atomic E-state index is -0.535. The van der Waals surface area contributed by atoms with Crippen LogP contribution in [-0.4, -0.2) is 5.11 Å². The molecular formula is C15H12OS. The van der Waals surface area contributed by atoms with Gasteiger partial charge in [-0.2, -0.15) is 11.3 Å². The highest BCUT2D eigenvalue weighted by Crippen LogP contribution is 2.29. The van der Waals surface area contributed by atoms with E-state index in [-0.39, 0.29) is 0 Å². The molecule has 2 heteroatoms. The van der Waals surface area contributed by atoms with E-state index >= 15 is 0 Å². The van der Waals surface area contributed by atoms with Crippen molar-refractivity contribution >= 4 is 22.1 Å². The Morgan fingerprint density at radius 2 is 1.76 bits per heavy atom. The highest BCUT2D eigenvalue weighted by atomic mass is 32.1. The highest BCUT2D eigenvalue weighted by molar-refractivity contribution is 7.08. The first kappa shape index (κ1) is 10.5. The van der Waals surface area contributed by atoms with Crippen LogP contribution in [0.5, 0.6) is 0 Å². The molecular weight excluding hydrogens is 228 g/mol. The molecule has 0 radical (unpaired) electrons. The van der Waals surface area contributed by atoms with Gasteiger partial charge in [-0.1, -0.05) is 42.5 Å². The molecule has 3 aromatic rings. The average Bonchev–Trinajstić information content (AvgIpc) is 2.91. The van der Waals surface area contributed by atoms with Gasteiger partial charge in [0.05, 0.1) is 0 Å². The van der Waals surface area contributed by atoms with E-state index in [0.717, 1.165) is 16.5 Å². The number of thiophene rings is 1. The summed E-state index contributed by atoms with van der Waals surface area (Å²) in [4.78, 5) is 0. The van der Waals surface area contributed by atoms with Gasteiger partial charge in [-0.25, -0.2) is 0 Å². The van der Waals surface area contributed by atoms with E-state index in [4.69, 9.17) is 0 Å². The lowest BCUT2D eigenvalue weighted by Gasteiger charge is -2.12. The molecule has 0 saturated carbocycles. The molecule has 3 rings (SSSR count). The van der Waals surface area contributed by atoms with E-state index < -0.39 is 6.10 Å². The Morgan fingerprint density at radius 3 is 2.59 bits per heavy atom. The van der Waals surface area contributed by atoms with Crippen LogP contribution in [0.4, 0.5) is 0 Å². The second kappa shape index (κ2) is 4.32. The van der Waals surface area contributed by atoms with Crippen molar-refractivity contribution in [3.8, 4) is 0 Å². The Hall–Kier alpha value is -1.64. The maximum absolute atomic E-state index is 10.4. The summed E-state index contributed by atoms with van der Waals surface area (Å²) in [7, 11) is 0. The van der Waals surface area contributed by atoms with Gasteiger partial charge in [-0.15, -0.1) is 0 Å². The molecule has 0 aliphatic carbocycles. The number of aliphatic hydroxyl groups is 1. The zero-order valence-electron chi connectivity index (χ0n) is 9.21. The summed E-state index contributed by atoms with van der Waals surface area (Å²) < 4.78 is 0. The van der Waals surface area contributed by atoms with E-state index in [1.807, 2.05) is 41.1 Å². The molecule has 1 aromatic heterocycles. The van der Waals surface area contributed by atoms with Gasteiger partial charge in [-0.05, 0) is 38.7 Å². The molecule has 1 atom stereocenters. The van der Waals surface area contributed by atoms with Crippen LogP contribution < -0.4 is 0 Å². The maximum atomic E-state index is 10.4. The van der Waals surface area contributed by atoms with Gasteiger partial charge in [0, 0.05) is 0 Å². The second-order valence-electron chi connectivity index (χ2n) is 4.03. The molecule has 0 saturated heterocycles. The molecule has 1 N–H and O–H groups in total. The molecule has 0 bridgehead atoms. The van der Waals surface area contributed by atoms with Crippen LogP contribution in [0.2, 0.25) is 0 Å². The highest BCUT2D eigenvalue weighted by Gasteiger charge is 2.13. The predicted molar refractivity (Wildman–Crippen MR) is 72.3 cm³/mol. The quantitative estimate of drug-likeness (QED) is 0.718. The molecule has 0 amide bonds. The van der Waals surface area contributed by atoms with E-state index in [9.17, 15) is 5.11 Å². The van der Waals surface area contributed by atoms with Gasteiger partial charge >= 0.3 is 0 Å². The molecule has 0 aliphatic rings. The first-order chi connectivity index (χ1) is 8.36. The molecule has 0 fully saturated rings. The van der Waals surface area contributed by atoms with Gasteiger partial charge in [0.25, 0.3) is 0 Å². The Morgan fingerprint density at radius 1 is 0.941 bits per heavy atom. The normalized spacial score (nSPS) is 12.8. The summed E-state index contributed by atoms with van der Waals surface area (Å²) >= 11 is 1.61. The molecule has 0 unspecified atom stereocenters. The third kappa shape index (κ3) is 1.86. The molecule has 0 aliphatic heterocycles. The monoisotopic (exact) mass is 240 g/mol. The van der Waals surface area contributed by atoms with Crippen molar-refractivity contribution in [3.05, 3.63) is 70.4 Å². The summed E-state index contributed by atoms with van der Waals surface area (Å²) in [5.41, 5.74) is 1.94. The Balaban J connectivity index is 2.17. The number of aliphatic hydroxyl groups excluding tert-OH is 1. The van der Waals surface area contributed by atoms with Crippen LogP contribution in [0.1, 0.15) is 17.2 Å². The Bertz CT molecular complexity index is 623. The zero-order chi connectivity index (χ0) is 11.7. The second-order valence-corrected chi connectivity index (χ2v) is 4.81. The Kier molecular flexibility index (Phi) is 2.67. The van der Waals surface area contributed by atoms with Crippen molar-refractivity contribution in [3.63, 3.8) is 0 Å². The first-order valence-electron chi connectivity index (χ1n) is 5.54. The third-order valence-electron chi connectivity index (χ3n) is 2.98. The van der Waals surface area contributed by atoms with Crippen molar-refractivity contribution in [2.75, 3.05) is 0 Å². The number of hydrogen-bond donors (Lipinski definition) is 1. The van der Waals surface area contributed by atoms with E-state index in [2.05, 4.69) is 18.2 Å². The van der Waals surface area contributed by atoms with E-state index in [1.165, 1.54) is 5.39 Å². The molecule has 1 nitrogen and oxygen atoms in total. The van der Waals surface area contributed by atoms with Crippen molar-refractivity contribution < 1.29 is 5.11 Å². The maximum Gasteiger partial charge on any atom is 0.105 e. The molecule has 84 valence electrons. The van der Waals surface area contributed by atoms with E-state index in [0.29, 0.717) is 0 Å². The van der Waals surface area contributed by atoms with Gasteiger partial charge < -0.3 is 5.11 Å². The van der Waals surface area contributed by atoms with Crippen molar-refractivity contribution in [2.24, 2.45) is 0 Å². The summed E-state index contributed by atoms with van der Waals surface area (Å²) in [6.45, 7) is 0. The molecule has 0 spiro atoms. The zero-order valence-corrected chi connectivity index (χ0v) is 10.0. The summed E-state index contributed by atoms with van der Waals surface area (Å²) in [5, 5.41) is 16.7. The van der Waals surface area contributed by atoms with Crippen LogP contribution in [0.3, 0.4) is 0 Å². The van der Waals surface area contributed by atoms with Gasteiger partial charge in [0.1, 0.15) is 6.10 Å². The van der Waals surface area contributed by atoms with Gasteiger partial charge in [0.2, 0.25) is 0 Å². The minimum Gasteiger partial charge on any atom is -0.384 e. The van der Waals surface area contributed by atoms with Gasteiger partial charge in [0.15, 0.2) is 0 Å². The number of hydrogen-bond acceptors (Lipinski definition) is 2. The number of rotatable bonds is 2. The largest absolute Gasteiger partial charge is 0.384 e. The first-order valence-corrected chi connectivity index (χ1v) is 6.48. The van der Waals surface area contributed by atoms with Gasteiger partial charge in [-0.3, -0.25) is 0 Å². The van der Waals surface area contributed by atoms with Crippen LogP contribution in [-0.2, 0) is 0 Å². The lowest BCUT2D eigenvalue weighted by atomic mass is 9.97. The fourth-order valence-electron chi connectivity index (χ4n) is 2.10. The van der Waals surface area contributed by atoms with Crippen LogP contribution in [0.15, 0.2) is 59.3 Å². The molecule has 2 aromatic carbocycles. The summed E-state index contributed by atoms with van der Waals surface area (Å²) in [5.74, 6) is 0. The summed E-state index contributed by atoms with van der Waals surface area (Å²) in [6, 6.07) is 16.2. The van der Waals surface area contributed by atoms with Crippen molar-refractivity contribution in [1.29, 1.82) is 0 Å². The SMILES string of the molecule is O[C@H](c1ccsc1)c1cccc2ccccc12. The summed E-state index contributed by atoms with van der Waals surface area (Å²) in [6.07, 6.45) is -0.535. The van der Waals surface area contributed by atoms with E-state index in [1.54, 1.807) is 11.3 Å². The lowest BCUT2D eigenvalue weighted by molar-refractivity contribution is 0.222. The number of benzene rings is 2. The third-order valence-corrected chi connectivity index (χ3v) is 3.68. The number of fused-ring (bicyclic) bond motifs is 1. The Labute approximate surface area is 104 Å². The predicted octanol–water partition coefficient (Wildman–Crippen LogP) is 3.98. The molecule has 17 heavy (non-hydrogen) atoms. The lowest BCUT2D eigenvalue weighted by Crippen LogP contribution is -1.98. The standard InChI is InChI=1S/C15H12OS/c16-15(12-8-9-17-10-12)14-7-3-5-11-4-1-2-6-13(11)14/h1-10,15-16H/t15-/m1/s1. The van der Waals surface area contributed by atoms with Crippen LogP contribution in [0, 0.1) is 0 Å². The van der Waals surface area contributed by atoms with Crippen molar-refractivity contribution in [2.45, 2.75) is 6.10 Å². The average molecular weight is 240 g/mol. The van der Waals surface area contributed by atoms with Crippen LogP contribution >= 0.6 is 11.3 Å². The fraction of sp³-hybridized carbons (Fsp3) is 0.0667. The topological polar surface area (TPSA) is 20.2 Å². The molecule has 1 heterocycles. The van der Waals surface area contributed by atoms with Crippen molar-refractivity contribution in [1.82, 2.24) is 0 Å². The smallest absolute Gasteiger partial charge is 0.105 e. The fourth-order valence-corrected chi connectivity index (χ4v) is 2.78. The minimum absolute atomic E-state index is 0.535.